The molecule has 0 radical (unpaired) electrons. The Morgan fingerprint density at radius 2 is 2.07 bits per heavy atom. The molecule has 0 spiro atoms. The Balaban J connectivity index is 1.22. The average molecular weight is 401 g/mol. The van der Waals surface area contributed by atoms with Gasteiger partial charge in [-0.3, -0.25) is 4.79 Å². The predicted octanol–water partition coefficient (Wildman–Crippen LogP) is 3.95. The quantitative estimate of drug-likeness (QED) is 0.797. The van der Waals surface area contributed by atoms with Crippen molar-refractivity contribution in [1.29, 1.82) is 0 Å². The molecule has 148 valence electrons. The molecule has 5 nitrogen and oxygen atoms in total. The first-order chi connectivity index (χ1) is 13.6. The van der Waals surface area contributed by atoms with Crippen LogP contribution >= 0.6 is 11.6 Å². The van der Waals surface area contributed by atoms with Gasteiger partial charge in [-0.1, -0.05) is 23.7 Å². The Bertz CT molecular complexity index is 871. The molecule has 0 bridgehead atoms. The molecule has 2 heterocycles. The minimum atomic E-state index is 0.0926. The number of nitrogens with one attached hydrogen (secondary N) is 1. The Hall–Kier alpha value is -2.40. The van der Waals surface area contributed by atoms with Crippen LogP contribution in [-0.2, 0) is 11.2 Å². The van der Waals surface area contributed by atoms with E-state index >= 15 is 0 Å². The molecule has 1 atom stereocenters. The van der Waals surface area contributed by atoms with Crippen LogP contribution in [0.2, 0.25) is 5.02 Å². The van der Waals surface area contributed by atoms with E-state index in [4.69, 9.17) is 21.1 Å². The first-order valence-corrected chi connectivity index (χ1v) is 10.1. The maximum Gasteiger partial charge on any atom is 0.231 e. The van der Waals surface area contributed by atoms with Crippen molar-refractivity contribution in [2.24, 2.45) is 5.92 Å². The van der Waals surface area contributed by atoms with Crippen molar-refractivity contribution in [3.63, 3.8) is 0 Å². The zero-order chi connectivity index (χ0) is 19.5. The standard InChI is InChI=1S/C22H25ClN2O3/c1-15-2-5-18(23)11-19(15)25-9-8-17(13-25)12-24-22(26)7-4-16-3-6-20-21(10-16)28-14-27-20/h2-3,5-6,10-11,17H,4,7-9,12-14H2,1H3,(H,24,26). The van der Waals surface area contributed by atoms with Crippen molar-refractivity contribution in [3.8, 4) is 11.5 Å². The van der Waals surface area contributed by atoms with Gasteiger partial charge in [0.25, 0.3) is 0 Å². The smallest absolute Gasteiger partial charge is 0.231 e. The number of ether oxygens (including phenoxy) is 2. The Morgan fingerprint density at radius 1 is 1.21 bits per heavy atom. The lowest BCUT2D eigenvalue weighted by molar-refractivity contribution is -0.121. The molecule has 1 saturated heterocycles. The highest BCUT2D eigenvalue weighted by Gasteiger charge is 2.24. The number of amides is 1. The number of rotatable bonds is 6. The zero-order valence-electron chi connectivity index (χ0n) is 16.0. The summed E-state index contributed by atoms with van der Waals surface area (Å²) in [5, 5.41) is 3.86. The molecule has 2 aliphatic rings. The van der Waals surface area contributed by atoms with Crippen LogP contribution in [0.25, 0.3) is 0 Å². The summed E-state index contributed by atoms with van der Waals surface area (Å²) in [6.07, 6.45) is 2.25. The van der Waals surface area contributed by atoms with E-state index in [9.17, 15) is 4.79 Å². The Labute approximate surface area is 170 Å². The van der Waals surface area contributed by atoms with Gasteiger partial charge in [0.2, 0.25) is 12.7 Å². The molecule has 0 aromatic heterocycles. The van der Waals surface area contributed by atoms with E-state index in [0.717, 1.165) is 48.1 Å². The summed E-state index contributed by atoms with van der Waals surface area (Å²) in [6, 6.07) is 11.9. The van der Waals surface area contributed by atoms with Crippen LogP contribution in [0.3, 0.4) is 0 Å². The van der Waals surface area contributed by atoms with Gasteiger partial charge in [-0.2, -0.15) is 0 Å². The molecule has 28 heavy (non-hydrogen) atoms. The number of hydrogen-bond donors (Lipinski definition) is 1. The number of halogens is 1. The molecule has 2 aromatic rings. The molecule has 1 amide bonds. The Kier molecular flexibility index (Phi) is 5.62. The van der Waals surface area contributed by atoms with Crippen LogP contribution in [0.5, 0.6) is 11.5 Å². The van der Waals surface area contributed by atoms with Crippen LogP contribution in [0.15, 0.2) is 36.4 Å². The molecular formula is C22H25ClN2O3. The van der Waals surface area contributed by atoms with Crippen molar-refractivity contribution in [2.75, 3.05) is 31.3 Å². The number of carbonyl (C=O) groups is 1. The second-order valence-corrected chi connectivity index (χ2v) is 7.96. The van der Waals surface area contributed by atoms with Crippen LogP contribution in [0, 0.1) is 12.8 Å². The normalized spacial score (nSPS) is 17.8. The maximum atomic E-state index is 12.3. The molecule has 2 aliphatic heterocycles. The fourth-order valence-electron chi connectivity index (χ4n) is 3.84. The van der Waals surface area contributed by atoms with Gasteiger partial charge in [-0.15, -0.1) is 0 Å². The summed E-state index contributed by atoms with van der Waals surface area (Å²) < 4.78 is 10.7. The van der Waals surface area contributed by atoms with Crippen molar-refractivity contribution >= 4 is 23.2 Å². The van der Waals surface area contributed by atoms with Crippen LogP contribution in [0.4, 0.5) is 5.69 Å². The SMILES string of the molecule is Cc1ccc(Cl)cc1N1CCC(CNC(=O)CCc2ccc3c(c2)OCO3)C1. The lowest BCUT2D eigenvalue weighted by atomic mass is 10.1. The molecule has 0 aliphatic carbocycles. The molecule has 1 unspecified atom stereocenters. The first kappa shape index (κ1) is 18.9. The van der Waals surface area contributed by atoms with E-state index in [1.54, 1.807) is 0 Å². The monoisotopic (exact) mass is 400 g/mol. The molecule has 0 saturated carbocycles. The predicted molar refractivity (Wildman–Crippen MR) is 110 cm³/mol. The third kappa shape index (κ3) is 4.36. The molecular weight excluding hydrogens is 376 g/mol. The largest absolute Gasteiger partial charge is 0.454 e. The third-order valence-electron chi connectivity index (χ3n) is 5.46. The second kappa shape index (κ2) is 8.31. The third-order valence-corrected chi connectivity index (χ3v) is 5.70. The van der Waals surface area contributed by atoms with Crippen LogP contribution in [-0.4, -0.2) is 32.3 Å². The number of nitrogens with zero attached hydrogens (tertiary/aromatic N) is 1. The summed E-state index contributed by atoms with van der Waals surface area (Å²) in [7, 11) is 0. The zero-order valence-corrected chi connectivity index (χ0v) is 16.8. The van der Waals surface area contributed by atoms with E-state index in [-0.39, 0.29) is 12.7 Å². The number of hydrogen-bond acceptors (Lipinski definition) is 4. The summed E-state index contributed by atoms with van der Waals surface area (Å²) in [4.78, 5) is 14.6. The fraction of sp³-hybridized carbons (Fsp3) is 0.409. The summed E-state index contributed by atoms with van der Waals surface area (Å²) in [5.74, 6) is 2.09. The number of aryl methyl sites for hydroxylation is 2. The van der Waals surface area contributed by atoms with Crippen molar-refractivity contribution in [3.05, 3.63) is 52.5 Å². The van der Waals surface area contributed by atoms with Crippen molar-refractivity contribution < 1.29 is 14.3 Å². The van der Waals surface area contributed by atoms with Gasteiger partial charge in [-0.05, 0) is 61.1 Å². The van der Waals surface area contributed by atoms with E-state index in [2.05, 4.69) is 23.2 Å². The van der Waals surface area contributed by atoms with E-state index < -0.39 is 0 Å². The lowest BCUT2D eigenvalue weighted by Gasteiger charge is -2.21. The summed E-state index contributed by atoms with van der Waals surface area (Å²) in [5.41, 5.74) is 3.52. The minimum absolute atomic E-state index is 0.0926. The molecule has 1 fully saturated rings. The van der Waals surface area contributed by atoms with E-state index in [1.165, 1.54) is 11.3 Å². The maximum absolute atomic E-state index is 12.3. The average Bonchev–Trinajstić information content (AvgIpc) is 3.35. The van der Waals surface area contributed by atoms with Gasteiger partial charge in [0.15, 0.2) is 11.5 Å². The molecule has 6 heteroatoms. The topological polar surface area (TPSA) is 50.8 Å². The van der Waals surface area contributed by atoms with Gasteiger partial charge in [-0.25, -0.2) is 0 Å². The number of benzene rings is 2. The highest BCUT2D eigenvalue weighted by molar-refractivity contribution is 6.30. The van der Waals surface area contributed by atoms with E-state index in [0.29, 0.717) is 18.8 Å². The summed E-state index contributed by atoms with van der Waals surface area (Å²) >= 11 is 6.15. The van der Waals surface area contributed by atoms with E-state index in [1.807, 2.05) is 30.3 Å². The minimum Gasteiger partial charge on any atom is -0.454 e. The van der Waals surface area contributed by atoms with Gasteiger partial charge >= 0.3 is 0 Å². The van der Waals surface area contributed by atoms with Crippen LogP contribution in [0.1, 0.15) is 24.0 Å². The lowest BCUT2D eigenvalue weighted by Crippen LogP contribution is -2.31. The van der Waals surface area contributed by atoms with Gasteiger partial charge < -0.3 is 19.7 Å². The first-order valence-electron chi connectivity index (χ1n) is 9.75. The fourth-order valence-corrected chi connectivity index (χ4v) is 4.01. The molecule has 4 rings (SSSR count). The second-order valence-electron chi connectivity index (χ2n) is 7.52. The molecule has 2 aromatic carbocycles. The number of carbonyl (C=O) groups excluding carboxylic acids is 1. The summed E-state index contributed by atoms with van der Waals surface area (Å²) in [6.45, 7) is 5.04. The van der Waals surface area contributed by atoms with Gasteiger partial charge in [0, 0.05) is 36.8 Å². The van der Waals surface area contributed by atoms with Crippen LogP contribution < -0.4 is 19.7 Å². The number of fused-ring (bicyclic) bond motifs is 1. The Morgan fingerprint density at radius 3 is 2.96 bits per heavy atom. The van der Waals surface area contributed by atoms with Crippen molar-refractivity contribution in [1.82, 2.24) is 5.32 Å². The van der Waals surface area contributed by atoms with Gasteiger partial charge in [0.1, 0.15) is 0 Å². The van der Waals surface area contributed by atoms with Gasteiger partial charge in [0.05, 0.1) is 0 Å². The molecule has 1 N–H and O–H groups in total. The number of anilines is 1. The van der Waals surface area contributed by atoms with Crippen molar-refractivity contribution in [2.45, 2.75) is 26.2 Å². The highest BCUT2D eigenvalue weighted by atomic mass is 35.5. The highest BCUT2D eigenvalue weighted by Crippen LogP contribution is 2.33.